The molecule has 0 amide bonds. The Morgan fingerprint density at radius 2 is 1.61 bits per heavy atom. The summed E-state index contributed by atoms with van der Waals surface area (Å²) in [6.07, 6.45) is 2.48. The van der Waals surface area contributed by atoms with Gasteiger partial charge in [0.05, 0.1) is 21.0 Å². The van der Waals surface area contributed by atoms with E-state index < -0.39 is 20.0 Å². The Kier molecular flexibility index (Phi) is 5.46. The molecule has 150 valence electrons. The molecule has 0 aliphatic rings. The zero-order chi connectivity index (χ0) is 20.5. The summed E-state index contributed by atoms with van der Waals surface area (Å²) >= 11 is 0. The maximum absolute atomic E-state index is 12.6. The molecule has 3 aromatic rings. The normalized spacial score (nSPS) is 13.5. The smallest absolute Gasteiger partial charge is 0.261 e. The molecule has 28 heavy (non-hydrogen) atoms. The molecule has 1 atom stereocenters. The number of sulfonamides is 2. The van der Waals surface area contributed by atoms with E-state index in [1.165, 1.54) is 24.3 Å². The van der Waals surface area contributed by atoms with Crippen LogP contribution in [0.5, 0.6) is 0 Å². The Labute approximate surface area is 164 Å². The number of nitrogens with zero attached hydrogens (tertiary/aromatic N) is 2. The zero-order valence-corrected chi connectivity index (χ0v) is 17.4. The van der Waals surface area contributed by atoms with Gasteiger partial charge in [-0.1, -0.05) is 6.92 Å². The fraction of sp³-hybridized carbons (Fsp3) is 0.278. The van der Waals surface area contributed by atoms with Crippen LogP contribution in [0.2, 0.25) is 0 Å². The molecule has 10 heteroatoms. The minimum atomic E-state index is -3.86. The van der Waals surface area contributed by atoms with Gasteiger partial charge in [0.2, 0.25) is 10.0 Å². The van der Waals surface area contributed by atoms with Crippen molar-refractivity contribution in [1.29, 1.82) is 0 Å². The first-order valence-electron chi connectivity index (χ1n) is 8.69. The second-order valence-corrected chi connectivity index (χ2v) is 9.98. The van der Waals surface area contributed by atoms with Gasteiger partial charge in [-0.15, -0.1) is 0 Å². The standard InChI is InChI=1S/C18H22N4O4S2/c1-4-13(2)20-27(23,24)16-7-9-17(10-8-16)28(25,26)21-15-6-5-14-12-22(3)19-18(14)11-15/h5-13,20-21H,4H2,1-3H3. The van der Waals surface area contributed by atoms with Gasteiger partial charge in [0.15, 0.2) is 0 Å². The minimum Gasteiger partial charge on any atom is -0.280 e. The highest BCUT2D eigenvalue weighted by Gasteiger charge is 2.19. The number of benzene rings is 2. The van der Waals surface area contributed by atoms with E-state index in [0.29, 0.717) is 17.6 Å². The van der Waals surface area contributed by atoms with Crippen LogP contribution in [-0.2, 0) is 27.1 Å². The lowest BCUT2D eigenvalue weighted by Crippen LogP contribution is -2.32. The van der Waals surface area contributed by atoms with Crippen molar-refractivity contribution in [2.75, 3.05) is 4.72 Å². The summed E-state index contributed by atoms with van der Waals surface area (Å²) in [7, 11) is -5.77. The van der Waals surface area contributed by atoms with Crippen molar-refractivity contribution in [3.63, 3.8) is 0 Å². The maximum Gasteiger partial charge on any atom is 0.261 e. The lowest BCUT2D eigenvalue weighted by molar-refractivity contribution is 0.555. The lowest BCUT2D eigenvalue weighted by atomic mass is 10.2. The van der Waals surface area contributed by atoms with Gasteiger partial charge in [-0.3, -0.25) is 9.40 Å². The van der Waals surface area contributed by atoms with E-state index in [1.807, 2.05) is 13.1 Å². The predicted octanol–water partition coefficient (Wildman–Crippen LogP) is 2.45. The van der Waals surface area contributed by atoms with Crippen molar-refractivity contribution in [2.45, 2.75) is 36.1 Å². The fourth-order valence-corrected chi connectivity index (χ4v) is 5.01. The summed E-state index contributed by atoms with van der Waals surface area (Å²) < 4.78 is 56.5. The molecule has 8 nitrogen and oxygen atoms in total. The van der Waals surface area contributed by atoms with Crippen molar-refractivity contribution in [3.8, 4) is 0 Å². The van der Waals surface area contributed by atoms with Crippen LogP contribution in [0.4, 0.5) is 5.69 Å². The SMILES string of the molecule is CCC(C)NS(=O)(=O)c1ccc(S(=O)(=O)Nc2ccc3cn(C)nc3c2)cc1. The first-order valence-corrected chi connectivity index (χ1v) is 11.7. The van der Waals surface area contributed by atoms with Gasteiger partial charge in [-0.25, -0.2) is 21.6 Å². The topological polar surface area (TPSA) is 110 Å². The van der Waals surface area contributed by atoms with Crippen molar-refractivity contribution in [3.05, 3.63) is 48.7 Å². The van der Waals surface area contributed by atoms with Crippen LogP contribution in [-0.4, -0.2) is 32.7 Å². The molecular formula is C18H22N4O4S2. The summed E-state index contributed by atoms with van der Waals surface area (Å²) in [5.74, 6) is 0. The quantitative estimate of drug-likeness (QED) is 0.608. The van der Waals surface area contributed by atoms with Crippen LogP contribution in [0.25, 0.3) is 10.9 Å². The van der Waals surface area contributed by atoms with Gasteiger partial charge in [0, 0.05) is 24.7 Å². The van der Waals surface area contributed by atoms with Gasteiger partial charge in [-0.2, -0.15) is 5.10 Å². The molecular weight excluding hydrogens is 400 g/mol. The van der Waals surface area contributed by atoms with E-state index in [9.17, 15) is 16.8 Å². The highest BCUT2D eigenvalue weighted by molar-refractivity contribution is 7.92. The molecule has 0 fully saturated rings. The molecule has 0 aliphatic carbocycles. The largest absolute Gasteiger partial charge is 0.280 e. The van der Waals surface area contributed by atoms with E-state index in [-0.39, 0.29) is 15.8 Å². The molecule has 0 bridgehead atoms. The van der Waals surface area contributed by atoms with Crippen LogP contribution in [0, 0.1) is 0 Å². The summed E-state index contributed by atoms with van der Waals surface area (Å²) in [6, 6.07) is 9.95. The maximum atomic E-state index is 12.6. The summed E-state index contributed by atoms with van der Waals surface area (Å²) in [5.41, 5.74) is 1.04. The predicted molar refractivity (Wildman–Crippen MR) is 108 cm³/mol. The van der Waals surface area contributed by atoms with Crippen LogP contribution in [0.1, 0.15) is 20.3 Å². The van der Waals surface area contributed by atoms with Crippen LogP contribution in [0.15, 0.2) is 58.5 Å². The third kappa shape index (κ3) is 4.34. The first-order chi connectivity index (χ1) is 13.1. The molecule has 2 aromatic carbocycles. The van der Waals surface area contributed by atoms with Gasteiger partial charge >= 0.3 is 0 Å². The summed E-state index contributed by atoms with van der Waals surface area (Å²) in [6.45, 7) is 3.63. The molecule has 1 unspecified atom stereocenters. The molecule has 0 aliphatic heterocycles. The van der Waals surface area contributed by atoms with E-state index in [4.69, 9.17) is 0 Å². The second kappa shape index (κ2) is 7.53. The van der Waals surface area contributed by atoms with Crippen molar-refractivity contribution in [1.82, 2.24) is 14.5 Å². The van der Waals surface area contributed by atoms with E-state index in [0.717, 1.165) is 5.39 Å². The van der Waals surface area contributed by atoms with Gasteiger partial charge in [0.1, 0.15) is 0 Å². The lowest BCUT2D eigenvalue weighted by Gasteiger charge is -2.13. The third-order valence-electron chi connectivity index (χ3n) is 4.29. The highest BCUT2D eigenvalue weighted by Crippen LogP contribution is 2.22. The minimum absolute atomic E-state index is 0.0154. The van der Waals surface area contributed by atoms with Gasteiger partial charge in [-0.05, 0) is 55.8 Å². The van der Waals surface area contributed by atoms with E-state index in [1.54, 1.807) is 36.9 Å². The summed E-state index contributed by atoms with van der Waals surface area (Å²) in [5, 5.41) is 5.15. The Hall–Kier alpha value is -2.43. The Balaban J connectivity index is 1.83. The number of anilines is 1. The number of hydrogen-bond donors (Lipinski definition) is 2. The molecule has 0 saturated carbocycles. The van der Waals surface area contributed by atoms with Crippen LogP contribution >= 0.6 is 0 Å². The van der Waals surface area contributed by atoms with Crippen molar-refractivity contribution < 1.29 is 16.8 Å². The van der Waals surface area contributed by atoms with E-state index >= 15 is 0 Å². The number of rotatable bonds is 7. The molecule has 3 rings (SSSR count). The number of aromatic nitrogens is 2. The number of hydrogen-bond acceptors (Lipinski definition) is 5. The second-order valence-electron chi connectivity index (χ2n) is 6.58. The van der Waals surface area contributed by atoms with Gasteiger partial charge in [0.25, 0.3) is 10.0 Å². The van der Waals surface area contributed by atoms with Crippen LogP contribution in [0.3, 0.4) is 0 Å². The Bertz CT molecular complexity index is 1200. The monoisotopic (exact) mass is 422 g/mol. The molecule has 1 aromatic heterocycles. The van der Waals surface area contributed by atoms with E-state index in [2.05, 4.69) is 14.5 Å². The molecule has 2 N–H and O–H groups in total. The Morgan fingerprint density at radius 3 is 2.21 bits per heavy atom. The number of nitrogens with one attached hydrogen (secondary N) is 2. The summed E-state index contributed by atoms with van der Waals surface area (Å²) in [4.78, 5) is -0.0160. The molecule has 0 radical (unpaired) electrons. The third-order valence-corrected chi connectivity index (χ3v) is 7.29. The fourth-order valence-electron chi connectivity index (χ4n) is 2.63. The molecule has 0 spiro atoms. The van der Waals surface area contributed by atoms with Gasteiger partial charge < -0.3 is 0 Å². The van der Waals surface area contributed by atoms with Crippen LogP contribution < -0.4 is 9.44 Å². The Morgan fingerprint density at radius 1 is 1.00 bits per heavy atom. The van der Waals surface area contributed by atoms with Crippen molar-refractivity contribution in [2.24, 2.45) is 7.05 Å². The first kappa shape index (κ1) is 20.3. The van der Waals surface area contributed by atoms with Crippen molar-refractivity contribution >= 4 is 36.6 Å². The average molecular weight is 423 g/mol. The zero-order valence-electron chi connectivity index (χ0n) is 15.7. The highest BCUT2D eigenvalue weighted by atomic mass is 32.2. The number of fused-ring (bicyclic) bond motifs is 1. The number of aryl methyl sites for hydroxylation is 1. The molecule has 0 saturated heterocycles. The average Bonchev–Trinajstić information content (AvgIpc) is 3.00. The molecule has 1 heterocycles.